The van der Waals surface area contributed by atoms with Crippen molar-refractivity contribution in [3.8, 4) is 0 Å². The number of thiophene rings is 1. The second-order valence-corrected chi connectivity index (χ2v) is 5.11. The third-order valence-electron chi connectivity index (χ3n) is 2.73. The van der Waals surface area contributed by atoms with Crippen molar-refractivity contribution in [3.05, 3.63) is 52.0 Å². The first-order valence-electron chi connectivity index (χ1n) is 5.63. The Morgan fingerprint density at radius 3 is 2.89 bits per heavy atom. The molecule has 0 saturated heterocycles. The standard InChI is InChI=1S/C13H14FN3OS/c1-17(8-10-3-2-6-19-10)12-5-4-9(14)7-11(12)13(15)16-18/h2-7,18H,8H2,1H3,(H2,15,16). The Bertz CT molecular complexity index is 584. The van der Waals surface area contributed by atoms with Crippen LogP contribution >= 0.6 is 11.3 Å². The number of hydrogen-bond donors (Lipinski definition) is 2. The summed E-state index contributed by atoms with van der Waals surface area (Å²) >= 11 is 1.64. The van der Waals surface area contributed by atoms with Gasteiger partial charge < -0.3 is 15.8 Å². The molecule has 1 aromatic carbocycles. The first kappa shape index (κ1) is 13.4. The van der Waals surface area contributed by atoms with E-state index in [1.54, 1.807) is 17.4 Å². The average molecular weight is 279 g/mol. The summed E-state index contributed by atoms with van der Waals surface area (Å²) in [7, 11) is 1.88. The minimum atomic E-state index is -0.421. The number of amidine groups is 1. The van der Waals surface area contributed by atoms with E-state index in [1.165, 1.54) is 17.0 Å². The zero-order chi connectivity index (χ0) is 13.8. The van der Waals surface area contributed by atoms with Gasteiger partial charge in [-0.2, -0.15) is 0 Å². The van der Waals surface area contributed by atoms with Crippen molar-refractivity contribution in [1.29, 1.82) is 0 Å². The van der Waals surface area contributed by atoms with Gasteiger partial charge in [-0.15, -0.1) is 11.3 Å². The van der Waals surface area contributed by atoms with Crippen LogP contribution in [0.4, 0.5) is 10.1 Å². The van der Waals surface area contributed by atoms with Crippen LogP contribution in [0.2, 0.25) is 0 Å². The largest absolute Gasteiger partial charge is 0.409 e. The summed E-state index contributed by atoms with van der Waals surface area (Å²) in [6.07, 6.45) is 0. The molecule has 2 rings (SSSR count). The van der Waals surface area contributed by atoms with E-state index in [-0.39, 0.29) is 5.84 Å². The van der Waals surface area contributed by atoms with Crippen LogP contribution in [-0.4, -0.2) is 18.1 Å². The van der Waals surface area contributed by atoms with Gasteiger partial charge in [-0.25, -0.2) is 4.39 Å². The lowest BCUT2D eigenvalue weighted by Crippen LogP contribution is -2.22. The average Bonchev–Trinajstić information content (AvgIpc) is 2.90. The molecule has 19 heavy (non-hydrogen) atoms. The number of anilines is 1. The van der Waals surface area contributed by atoms with E-state index in [1.807, 2.05) is 29.5 Å². The molecule has 0 aliphatic heterocycles. The van der Waals surface area contributed by atoms with Crippen molar-refractivity contribution in [3.63, 3.8) is 0 Å². The zero-order valence-corrected chi connectivity index (χ0v) is 11.2. The lowest BCUT2D eigenvalue weighted by Gasteiger charge is -2.21. The molecule has 3 N–H and O–H groups in total. The predicted octanol–water partition coefficient (Wildman–Crippen LogP) is 2.62. The van der Waals surface area contributed by atoms with Crippen molar-refractivity contribution in [2.24, 2.45) is 10.9 Å². The maximum atomic E-state index is 13.3. The van der Waals surface area contributed by atoms with Gasteiger partial charge in [0.05, 0.1) is 6.54 Å². The van der Waals surface area contributed by atoms with E-state index in [0.29, 0.717) is 17.8 Å². The molecule has 0 spiro atoms. The summed E-state index contributed by atoms with van der Waals surface area (Å²) in [5.41, 5.74) is 6.67. The first-order valence-corrected chi connectivity index (χ1v) is 6.50. The van der Waals surface area contributed by atoms with Crippen LogP contribution in [-0.2, 0) is 6.54 Å². The monoisotopic (exact) mass is 279 g/mol. The van der Waals surface area contributed by atoms with E-state index < -0.39 is 5.82 Å². The first-order chi connectivity index (χ1) is 9.11. The maximum Gasteiger partial charge on any atom is 0.172 e. The molecule has 2 aromatic rings. The molecular weight excluding hydrogens is 265 g/mol. The number of rotatable bonds is 4. The van der Waals surface area contributed by atoms with E-state index in [9.17, 15) is 4.39 Å². The number of hydrogen-bond acceptors (Lipinski definition) is 4. The van der Waals surface area contributed by atoms with Crippen LogP contribution in [0.15, 0.2) is 40.9 Å². The van der Waals surface area contributed by atoms with Crippen LogP contribution in [0.1, 0.15) is 10.4 Å². The van der Waals surface area contributed by atoms with Gasteiger partial charge >= 0.3 is 0 Å². The maximum absolute atomic E-state index is 13.3. The van der Waals surface area contributed by atoms with Crippen molar-refractivity contribution in [2.75, 3.05) is 11.9 Å². The third kappa shape index (κ3) is 3.03. The molecule has 6 heteroatoms. The topological polar surface area (TPSA) is 61.8 Å². The highest BCUT2D eigenvalue weighted by atomic mass is 32.1. The highest BCUT2D eigenvalue weighted by Crippen LogP contribution is 2.23. The second-order valence-electron chi connectivity index (χ2n) is 4.08. The highest BCUT2D eigenvalue weighted by molar-refractivity contribution is 7.09. The number of oxime groups is 1. The second kappa shape index (κ2) is 5.71. The van der Waals surface area contributed by atoms with Crippen LogP contribution in [0.3, 0.4) is 0 Å². The summed E-state index contributed by atoms with van der Waals surface area (Å²) in [6.45, 7) is 0.676. The molecule has 0 unspecified atom stereocenters. The van der Waals surface area contributed by atoms with Crippen molar-refractivity contribution >= 4 is 22.9 Å². The number of benzene rings is 1. The molecule has 0 aliphatic rings. The Morgan fingerprint density at radius 1 is 1.47 bits per heavy atom. The molecule has 0 radical (unpaired) electrons. The molecule has 0 saturated carbocycles. The summed E-state index contributed by atoms with van der Waals surface area (Å²) in [5, 5.41) is 13.7. The highest BCUT2D eigenvalue weighted by Gasteiger charge is 2.13. The fourth-order valence-corrected chi connectivity index (χ4v) is 2.58. The fourth-order valence-electron chi connectivity index (χ4n) is 1.82. The SMILES string of the molecule is CN(Cc1cccs1)c1ccc(F)cc1C(N)=NO. The molecule has 0 bridgehead atoms. The molecular formula is C13H14FN3OS. The van der Waals surface area contributed by atoms with E-state index in [2.05, 4.69) is 5.16 Å². The Morgan fingerprint density at radius 2 is 2.26 bits per heavy atom. The molecule has 0 fully saturated rings. The fraction of sp³-hybridized carbons (Fsp3) is 0.154. The van der Waals surface area contributed by atoms with Crippen molar-refractivity contribution < 1.29 is 9.60 Å². The number of nitrogens with two attached hydrogens (primary N) is 1. The van der Waals surface area contributed by atoms with Crippen molar-refractivity contribution in [2.45, 2.75) is 6.54 Å². The lowest BCUT2D eigenvalue weighted by atomic mass is 10.1. The zero-order valence-electron chi connectivity index (χ0n) is 10.4. The Balaban J connectivity index is 2.33. The van der Waals surface area contributed by atoms with Gasteiger partial charge in [0.25, 0.3) is 0 Å². The molecule has 0 amide bonds. The van der Waals surface area contributed by atoms with Crippen molar-refractivity contribution in [1.82, 2.24) is 0 Å². The minimum Gasteiger partial charge on any atom is -0.409 e. The summed E-state index contributed by atoms with van der Waals surface area (Å²) in [5.74, 6) is -0.526. The van der Waals surface area contributed by atoms with Crippen LogP contribution in [0.5, 0.6) is 0 Å². The van der Waals surface area contributed by atoms with Crippen LogP contribution < -0.4 is 10.6 Å². The molecule has 1 heterocycles. The predicted molar refractivity (Wildman–Crippen MR) is 75.3 cm³/mol. The Hall–Kier alpha value is -2.08. The summed E-state index contributed by atoms with van der Waals surface area (Å²) in [6, 6.07) is 8.23. The number of nitrogens with zero attached hydrogens (tertiary/aromatic N) is 2. The normalized spacial score (nSPS) is 11.6. The van der Waals surface area contributed by atoms with Crippen LogP contribution in [0.25, 0.3) is 0 Å². The van der Waals surface area contributed by atoms with Gasteiger partial charge in [0.2, 0.25) is 0 Å². The summed E-state index contributed by atoms with van der Waals surface area (Å²) < 4.78 is 13.3. The minimum absolute atomic E-state index is 0.104. The van der Waals surface area contributed by atoms with Gasteiger partial charge in [0, 0.05) is 23.2 Å². The smallest absolute Gasteiger partial charge is 0.172 e. The van der Waals surface area contributed by atoms with E-state index in [4.69, 9.17) is 10.9 Å². The molecule has 0 atom stereocenters. The van der Waals surface area contributed by atoms with Gasteiger partial charge in [-0.1, -0.05) is 11.2 Å². The third-order valence-corrected chi connectivity index (χ3v) is 3.59. The van der Waals surface area contributed by atoms with Gasteiger partial charge in [-0.3, -0.25) is 0 Å². The van der Waals surface area contributed by atoms with Gasteiger partial charge in [-0.05, 0) is 29.6 Å². The molecule has 100 valence electrons. The van der Waals surface area contributed by atoms with Gasteiger partial charge in [0.1, 0.15) is 5.82 Å². The van der Waals surface area contributed by atoms with E-state index >= 15 is 0 Å². The molecule has 4 nitrogen and oxygen atoms in total. The summed E-state index contributed by atoms with van der Waals surface area (Å²) in [4.78, 5) is 3.11. The Labute approximate surface area is 114 Å². The lowest BCUT2D eigenvalue weighted by molar-refractivity contribution is 0.318. The molecule has 1 aromatic heterocycles. The Kier molecular flexibility index (Phi) is 4.01. The van der Waals surface area contributed by atoms with Crippen LogP contribution in [0, 0.1) is 5.82 Å². The quantitative estimate of drug-likeness (QED) is 0.391. The van der Waals surface area contributed by atoms with E-state index in [0.717, 1.165) is 0 Å². The molecule has 0 aliphatic carbocycles. The number of halogens is 1. The van der Waals surface area contributed by atoms with Gasteiger partial charge in [0.15, 0.2) is 5.84 Å².